The van der Waals surface area contributed by atoms with E-state index in [9.17, 15) is 4.57 Å². The van der Waals surface area contributed by atoms with Crippen LogP contribution in [0.15, 0.2) is 24.3 Å². The number of phosphoric acid groups is 1. The van der Waals surface area contributed by atoms with Gasteiger partial charge in [-0.15, -0.1) is 0 Å². The van der Waals surface area contributed by atoms with E-state index in [1.807, 2.05) is 12.1 Å². The molecule has 2 rings (SSSR count). The van der Waals surface area contributed by atoms with Crippen LogP contribution in [-0.4, -0.2) is 13.2 Å². The zero-order valence-corrected chi connectivity index (χ0v) is 14.3. The summed E-state index contributed by atoms with van der Waals surface area (Å²) in [5, 5.41) is 12.1. The molecule has 1 fully saturated rings. The molecule has 136 valence electrons. The Balaban J connectivity index is 1.90. The second-order valence-corrected chi connectivity index (χ2v) is 6.41. The minimum absolute atomic E-state index is 0.0753. The predicted molar refractivity (Wildman–Crippen MR) is 79.9 cm³/mol. The van der Waals surface area contributed by atoms with Gasteiger partial charge in [-0.1, -0.05) is 53.7 Å². The van der Waals surface area contributed by atoms with Gasteiger partial charge in [0, 0.05) is 0 Å². The lowest BCUT2D eigenvalue weighted by Crippen LogP contribution is -2.06. The molecule has 24 heavy (non-hydrogen) atoms. The number of unbranched alkanes of at least 4 members (excludes halogenated alkanes) is 3. The van der Waals surface area contributed by atoms with Crippen molar-refractivity contribution >= 4 is 7.82 Å². The van der Waals surface area contributed by atoms with Crippen molar-refractivity contribution in [1.29, 1.82) is 0 Å². The summed E-state index contributed by atoms with van der Waals surface area (Å²) in [6, 6.07) is 7.27. The van der Waals surface area contributed by atoms with Crippen LogP contribution in [0.4, 0.5) is 0 Å². The molecule has 1 aromatic rings. The van der Waals surface area contributed by atoms with Gasteiger partial charge in [0.25, 0.3) is 0 Å². The van der Waals surface area contributed by atoms with Crippen LogP contribution in [-0.2, 0) is 44.9 Å². The number of para-hydroxylation sites is 1. The molecule has 0 bridgehead atoms. The largest absolute Gasteiger partial charge is 0.540 e. The van der Waals surface area contributed by atoms with Crippen molar-refractivity contribution in [3.8, 4) is 5.75 Å². The zero-order chi connectivity index (χ0) is 17.1. The average Bonchev–Trinajstić information content (AvgIpc) is 2.70. The van der Waals surface area contributed by atoms with Gasteiger partial charge in [0.1, 0.15) is 6.61 Å². The Kier molecular flexibility index (Phi) is 8.65. The van der Waals surface area contributed by atoms with E-state index in [-0.39, 0.29) is 13.2 Å². The molecule has 10 heteroatoms. The minimum Gasteiger partial charge on any atom is -0.327 e. The number of hydrogen-bond acceptors (Lipinski definition) is 9. The van der Waals surface area contributed by atoms with Gasteiger partial charge in [0.05, 0.1) is 6.61 Å². The van der Waals surface area contributed by atoms with Crippen molar-refractivity contribution in [3.63, 3.8) is 0 Å². The Hall–Kier alpha value is -1.03. The van der Waals surface area contributed by atoms with Crippen LogP contribution in [0.25, 0.3) is 0 Å². The Labute approximate surface area is 139 Å². The van der Waals surface area contributed by atoms with Gasteiger partial charge >= 0.3 is 7.82 Å². The second kappa shape index (κ2) is 10.8. The third kappa shape index (κ3) is 6.84. The fourth-order valence-corrected chi connectivity index (χ4v) is 2.65. The molecule has 0 aliphatic carbocycles. The van der Waals surface area contributed by atoms with Crippen molar-refractivity contribution in [2.45, 2.75) is 39.0 Å². The van der Waals surface area contributed by atoms with E-state index in [1.54, 1.807) is 12.1 Å². The van der Waals surface area contributed by atoms with Gasteiger partial charge in [0.15, 0.2) is 5.75 Å². The predicted octanol–water partition coefficient (Wildman–Crippen LogP) is 4.00. The third-order valence-electron chi connectivity index (χ3n) is 3.13. The molecule has 1 aliphatic heterocycles. The van der Waals surface area contributed by atoms with Crippen molar-refractivity contribution < 1.29 is 43.3 Å². The summed E-state index contributed by atoms with van der Waals surface area (Å²) >= 11 is 0. The molecule has 1 heterocycles. The molecule has 9 nitrogen and oxygen atoms in total. The highest BCUT2D eigenvalue weighted by molar-refractivity contribution is 7.48. The maximum atomic E-state index is 12.2. The topological polar surface area (TPSA) is 90.9 Å². The smallest absolute Gasteiger partial charge is 0.327 e. The maximum Gasteiger partial charge on any atom is 0.540 e. The highest BCUT2D eigenvalue weighted by atomic mass is 31.2. The maximum absolute atomic E-state index is 12.2. The molecule has 1 aromatic carbocycles. The molecule has 1 saturated heterocycles. The van der Waals surface area contributed by atoms with E-state index >= 15 is 0 Å². The standard InChI is InChI=1S/C14H21O9P/c1-2-3-4-5-8-13-9-6-7-10-14(13)18-22-24(15)17-12-11-16-19-20-21-23-24/h6-7,9-10H,2-5,8,11-12H2,1H3. The van der Waals surface area contributed by atoms with Crippen molar-refractivity contribution in [2.75, 3.05) is 13.2 Å². The lowest BCUT2D eigenvalue weighted by Gasteiger charge is -2.14. The molecule has 0 radical (unpaired) electrons. The molecule has 0 saturated carbocycles. The van der Waals surface area contributed by atoms with Crippen LogP contribution in [0.1, 0.15) is 38.2 Å². The van der Waals surface area contributed by atoms with Gasteiger partial charge in [-0.25, -0.2) is 9.45 Å². The van der Waals surface area contributed by atoms with E-state index in [0.29, 0.717) is 5.75 Å². The Bertz CT molecular complexity index is 511. The monoisotopic (exact) mass is 364 g/mol. The number of aryl methyl sites for hydroxylation is 1. The fraction of sp³-hybridized carbons (Fsp3) is 0.571. The Morgan fingerprint density at radius 2 is 1.96 bits per heavy atom. The third-order valence-corrected chi connectivity index (χ3v) is 4.13. The molecular formula is C14H21O9P. The molecule has 1 unspecified atom stereocenters. The SMILES string of the molecule is CCCCCCc1ccccc1OOP1(=O)OCCOOOOO1. The quantitative estimate of drug-likeness (QED) is 0.294. The highest BCUT2D eigenvalue weighted by Gasteiger charge is 2.33. The second-order valence-electron chi connectivity index (χ2n) is 4.96. The summed E-state index contributed by atoms with van der Waals surface area (Å²) in [6.45, 7) is 1.93. The number of rotatable bonds is 8. The minimum atomic E-state index is -4.16. The van der Waals surface area contributed by atoms with Crippen molar-refractivity contribution in [2.24, 2.45) is 0 Å². The first-order valence-electron chi connectivity index (χ1n) is 7.73. The van der Waals surface area contributed by atoms with Crippen molar-refractivity contribution in [1.82, 2.24) is 0 Å². The van der Waals surface area contributed by atoms with E-state index in [4.69, 9.17) is 14.1 Å². The van der Waals surface area contributed by atoms with Crippen LogP contribution in [0.3, 0.4) is 0 Å². The first kappa shape index (κ1) is 19.3. The summed E-state index contributed by atoms with van der Waals surface area (Å²) in [7, 11) is -4.16. The molecule has 1 atom stereocenters. The van der Waals surface area contributed by atoms with Crippen LogP contribution in [0.2, 0.25) is 0 Å². The van der Waals surface area contributed by atoms with Crippen LogP contribution >= 0.6 is 7.82 Å². The summed E-state index contributed by atoms with van der Waals surface area (Å²) in [6.07, 6.45) is 5.30. The van der Waals surface area contributed by atoms with Gasteiger partial charge < -0.3 is 4.89 Å². The Morgan fingerprint density at radius 3 is 2.83 bits per heavy atom. The number of hydrogen-bond donors (Lipinski definition) is 0. The normalized spacial score (nSPS) is 22.4. The highest BCUT2D eigenvalue weighted by Crippen LogP contribution is 2.50. The van der Waals surface area contributed by atoms with E-state index in [0.717, 1.165) is 31.2 Å². The van der Waals surface area contributed by atoms with E-state index < -0.39 is 7.82 Å². The van der Waals surface area contributed by atoms with Crippen LogP contribution in [0, 0.1) is 0 Å². The lowest BCUT2D eigenvalue weighted by atomic mass is 10.1. The molecular weight excluding hydrogens is 343 g/mol. The molecule has 0 amide bonds. The average molecular weight is 364 g/mol. The first-order chi connectivity index (χ1) is 11.7. The van der Waals surface area contributed by atoms with E-state index in [1.165, 1.54) is 6.42 Å². The van der Waals surface area contributed by atoms with Gasteiger partial charge in [-0.3, -0.25) is 4.52 Å². The lowest BCUT2D eigenvalue weighted by molar-refractivity contribution is -0.692. The van der Waals surface area contributed by atoms with Gasteiger partial charge in [-0.05, 0) is 39.6 Å². The summed E-state index contributed by atoms with van der Waals surface area (Å²) in [4.78, 5) is 9.57. The molecule has 0 N–H and O–H groups in total. The zero-order valence-electron chi connectivity index (χ0n) is 13.4. The summed E-state index contributed by atoms with van der Waals surface area (Å²) < 4.78 is 26.3. The van der Waals surface area contributed by atoms with Gasteiger partial charge in [-0.2, -0.15) is 0 Å². The van der Waals surface area contributed by atoms with Crippen LogP contribution in [0.5, 0.6) is 5.75 Å². The van der Waals surface area contributed by atoms with Gasteiger partial charge in [0.2, 0.25) is 0 Å². The van der Waals surface area contributed by atoms with E-state index in [2.05, 4.69) is 31.6 Å². The summed E-state index contributed by atoms with van der Waals surface area (Å²) in [5.41, 5.74) is 0.924. The molecule has 1 aliphatic rings. The molecule has 0 aromatic heterocycles. The Morgan fingerprint density at radius 1 is 1.08 bits per heavy atom. The molecule has 0 spiro atoms. The van der Waals surface area contributed by atoms with Crippen LogP contribution < -0.4 is 4.89 Å². The number of benzene rings is 1. The van der Waals surface area contributed by atoms with Crippen molar-refractivity contribution in [3.05, 3.63) is 29.8 Å². The first-order valence-corrected chi connectivity index (χ1v) is 9.19. The summed E-state index contributed by atoms with van der Waals surface area (Å²) in [5.74, 6) is 0.421. The fourth-order valence-electron chi connectivity index (χ4n) is 1.97.